The molecule has 1 aromatic heterocycles. The number of benzene rings is 1. The van der Waals surface area contributed by atoms with Gasteiger partial charge < -0.3 is 10.5 Å². The summed E-state index contributed by atoms with van der Waals surface area (Å²) in [6, 6.07) is 5.93. The Bertz CT molecular complexity index is 570. The SMILES string of the molecule is CCC(N)Cc1ccc(OCc2ncnn2C)c(Cl)c1. The molecule has 0 fully saturated rings. The lowest BCUT2D eigenvalue weighted by Crippen LogP contribution is -2.21. The standard InChI is InChI=1S/C14H19ClN4O/c1-3-11(16)6-10-4-5-13(12(15)7-10)20-8-14-17-9-18-19(14)2/h4-5,7,9,11H,3,6,8,16H2,1-2H3. The van der Waals surface area contributed by atoms with E-state index in [0.717, 1.165) is 24.2 Å². The van der Waals surface area contributed by atoms with Gasteiger partial charge in [0.05, 0.1) is 5.02 Å². The number of hydrogen-bond donors (Lipinski definition) is 1. The van der Waals surface area contributed by atoms with Crippen molar-refractivity contribution in [3.05, 3.63) is 40.9 Å². The van der Waals surface area contributed by atoms with E-state index in [0.29, 0.717) is 17.4 Å². The number of nitrogens with two attached hydrogens (primary N) is 1. The van der Waals surface area contributed by atoms with Crippen molar-refractivity contribution >= 4 is 11.6 Å². The molecular weight excluding hydrogens is 276 g/mol. The van der Waals surface area contributed by atoms with E-state index in [1.807, 2.05) is 25.2 Å². The quantitative estimate of drug-likeness (QED) is 0.888. The Balaban J connectivity index is 2.01. The summed E-state index contributed by atoms with van der Waals surface area (Å²) in [4.78, 5) is 4.10. The van der Waals surface area contributed by atoms with Crippen LogP contribution < -0.4 is 10.5 Å². The number of nitrogens with zero attached hydrogens (tertiary/aromatic N) is 3. The van der Waals surface area contributed by atoms with Crippen LogP contribution in [0.1, 0.15) is 24.7 Å². The fraction of sp³-hybridized carbons (Fsp3) is 0.429. The van der Waals surface area contributed by atoms with Crippen LogP contribution in [0.25, 0.3) is 0 Å². The minimum atomic E-state index is 0.163. The summed E-state index contributed by atoms with van der Waals surface area (Å²) in [7, 11) is 1.82. The first-order valence-corrected chi connectivity index (χ1v) is 6.97. The second kappa shape index (κ2) is 6.72. The molecule has 2 N–H and O–H groups in total. The van der Waals surface area contributed by atoms with Gasteiger partial charge in [-0.05, 0) is 30.5 Å². The molecule has 0 spiro atoms. The third kappa shape index (κ3) is 3.71. The maximum Gasteiger partial charge on any atom is 0.164 e. The zero-order valence-corrected chi connectivity index (χ0v) is 12.5. The average molecular weight is 295 g/mol. The average Bonchev–Trinajstić information content (AvgIpc) is 2.83. The molecule has 2 rings (SSSR count). The summed E-state index contributed by atoms with van der Waals surface area (Å²) in [6.45, 7) is 2.41. The van der Waals surface area contributed by atoms with Crippen molar-refractivity contribution in [1.29, 1.82) is 0 Å². The lowest BCUT2D eigenvalue weighted by Gasteiger charge is -2.11. The first-order chi connectivity index (χ1) is 9.60. The lowest BCUT2D eigenvalue weighted by molar-refractivity contribution is 0.290. The molecule has 0 radical (unpaired) electrons. The van der Waals surface area contributed by atoms with Crippen LogP contribution in [0, 0.1) is 0 Å². The summed E-state index contributed by atoms with van der Waals surface area (Å²) < 4.78 is 7.33. The maximum atomic E-state index is 6.23. The zero-order valence-electron chi connectivity index (χ0n) is 11.7. The molecule has 1 aromatic carbocycles. The van der Waals surface area contributed by atoms with Crippen LogP contribution in [0.2, 0.25) is 5.02 Å². The molecule has 0 saturated carbocycles. The smallest absolute Gasteiger partial charge is 0.164 e. The summed E-state index contributed by atoms with van der Waals surface area (Å²) in [5.41, 5.74) is 7.06. The minimum absolute atomic E-state index is 0.163. The lowest BCUT2D eigenvalue weighted by atomic mass is 10.0. The highest BCUT2D eigenvalue weighted by molar-refractivity contribution is 6.32. The van der Waals surface area contributed by atoms with E-state index in [2.05, 4.69) is 17.0 Å². The molecule has 5 nitrogen and oxygen atoms in total. The Kier molecular flexibility index (Phi) is 4.98. The van der Waals surface area contributed by atoms with Gasteiger partial charge >= 0.3 is 0 Å². The summed E-state index contributed by atoms with van der Waals surface area (Å²) >= 11 is 6.23. The third-order valence-corrected chi connectivity index (χ3v) is 3.48. The van der Waals surface area contributed by atoms with Gasteiger partial charge in [0.2, 0.25) is 0 Å². The summed E-state index contributed by atoms with van der Waals surface area (Å²) in [5, 5.41) is 4.58. The topological polar surface area (TPSA) is 66.0 Å². The van der Waals surface area contributed by atoms with Crippen molar-refractivity contribution in [1.82, 2.24) is 14.8 Å². The first kappa shape index (κ1) is 14.8. The van der Waals surface area contributed by atoms with Gasteiger partial charge in [0, 0.05) is 13.1 Å². The predicted octanol–water partition coefficient (Wildman–Crippen LogP) is 2.33. The van der Waals surface area contributed by atoms with Crippen molar-refractivity contribution in [3.63, 3.8) is 0 Å². The second-order valence-electron chi connectivity index (χ2n) is 4.73. The molecule has 0 amide bonds. The van der Waals surface area contributed by atoms with Crippen LogP contribution >= 0.6 is 11.6 Å². The second-order valence-corrected chi connectivity index (χ2v) is 5.13. The fourth-order valence-electron chi connectivity index (χ4n) is 1.83. The van der Waals surface area contributed by atoms with Crippen LogP contribution in [0.3, 0.4) is 0 Å². The van der Waals surface area contributed by atoms with Gasteiger partial charge in [0.1, 0.15) is 18.7 Å². The van der Waals surface area contributed by atoms with Gasteiger partial charge in [-0.1, -0.05) is 24.6 Å². The van der Waals surface area contributed by atoms with E-state index < -0.39 is 0 Å². The van der Waals surface area contributed by atoms with E-state index in [9.17, 15) is 0 Å². The molecule has 108 valence electrons. The third-order valence-electron chi connectivity index (χ3n) is 3.18. The fourth-order valence-corrected chi connectivity index (χ4v) is 2.09. The Morgan fingerprint density at radius 1 is 1.45 bits per heavy atom. The van der Waals surface area contributed by atoms with Crippen LogP contribution in [0.15, 0.2) is 24.5 Å². The number of halogens is 1. The zero-order chi connectivity index (χ0) is 14.5. The Morgan fingerprint density at radius 2 is 2.25 bits per heavy atom. The first-order valence-electron chi connectivity index (χ1n) is 6.59. The van der Waals surface area contributed by atoms with Gasteiger partial charge in [0.25, 0.3) is 0 Å². The van der Waals surface area contributed by atoms with E-state index in [-0.39, 0.29) is 6.04 Å². The number of aromatic nitrogens is 3. The summed E-state index contributed by atoms with van der Waals surface area (Å²) in [6.07, 6.45) is 3.26. The van der Waals surface area contributed by atoms with Crippen LogP contribution in [0.4, 0.5) is 0 Å². The Morgan fingerprint density at radius 3 is 2.85 bits per heavy atom. The molecule has 0 bridgehead atoms. The van der Waals surface area contributed by atoms with E-state index in [1.54, 1.807) is 4.68 Å². The molecule has 0 aliphatic carbocycles. The van der Waals surface area contributed by atoms with Crippen molar-refractivity contribution in [2.24, 2.45) is 12.8 Å². The number of ether oxygens (including phenoxy) is 1. The molecule has 6 heteroatoms. The van der Waals surface area contributed by atoms with Crippen molar-refractivity contribution in [2.45, 2.75) is 32.4 Å². The Hall–Kier alpha value is -1.59. The molecule has 1 heterocycles. The van der Waals surface area contributed by atoms with E-state index in [4.69, 9.17) is 22.1 Å². The normalized spacial score (nSPS) is 12.4. The van der Waals surface area contributed by atoms with Gasteiger partial charge in [-0.3, -0.25) is 4.68 Å². The highest BCUT2D eigenvalue weighted by atomic mass is 35.5. The van der Waals surface area contributed by atoms with Crippen LogP contribution in [0.5, 0.6) is 5.75 Å². The number of hydrogen-bond acceptors (Lipinski definition) is 4. The summed E-state index contributed by atoms with van der Waals surface area (Å²) in [5.74, 6) is 1.39. The van der Waals surface area contributed by atoms with Gasteiger partial charge in [-0.15, -0.1) is 0 Å². The predicted molar refractivity (Wildman–Crippen MR) is 78.8 cm³/mol. The molecule has 1 unspecified atom stereocenters. The van der Waals surface area contributed by atoms with Gasteiger partial charge in [0.15, 0.2) is 5.82 Å². The van der Waals surface area contributed by atoms with Crippen molar-refractivity contribution in [3.8, 4) is 5.75 Å². The Labute approximate surface area is 123 Å². The molecule has 1 atom stereocenters. The van der Waals surface area contributed by atoms with Gasteiger partial charge in [-0.2, -0.15) is 5.10 Å². The molecule has 2 aromatic rings. The molecule has 0 aliphatic rings. The molecular formula is C14H19ClN4O. The largest absolute Gasteiger partial charge is 0.484 e. The van der Waals surface area contributed by atoms with Gasteiger partial charge in [-0.25, -0.2) is 4.98 Å². The van der Waals surface area contributed by atoms with Crippen molar-refractivity contribution < 1.29 is 4.74 Å². The molecule has 20 heavy (non-hydrogen) atoms. The minimum Gasteiger partial charge on any atom is -0.484 e. The number of rotatable bonds is 6. The molecule has 0 aliphatic heterocycles. The van der Waals surface area contributed by atoms with Crippen LogP contribution in [-0.2, 0) is 20.1 Å². The molecule has 0 saturated heterocycles. The maximum absolute atomic E-state index is 6.23. The highest BCUT2D eigenvalue weighted by Crippen LogP contribution is 2.26. The van der Waals surface area contributed by atoms with Crippen molar-refractivity contribution in [2.75, 3.05) is 0 Å². The highest BCUT2D eigenvalue weighted by Gasteiger charge is 2.08. The monoisotopic (exact) mass is 294 g/mol. The van der Waals surface area contributed by atoms with Crippen LogP contribution in [-0.4, -0.2) is 20.8 Å². The number of aryl methyl sites for hydroxylation is 1. The van der Waals surface area contributed by atoms with E-state index >= 15 is 0 Å². The van der Waals surface area contributed by atoms with E-state index in [1.165, 1.54) is 6.33 Å².